The quantitative estimate of drug-likeness (QED) is 0.430. The third kappa shape index (κ3) is 4.36. The molecule has 2 atom stereocenters. The summed E-state index contributed by atoms with van der Waals surface area (Å²) in [7, 11) is 1.49. The number of methoxy groups -OCH3 is 1. The number of carbonyl (C=O) groups is 1. The fourth-order valence-corrected chi connectivity index (χ4v) is 6.61. The molecule has 2 unspecified atom stereocenters. The normalized spacial score (nSPS) is 21.8. The number of aromatic nitrogens is 3. The molecule has 1 amide bonds. The van der Waals surface area contributed by atoms with Crippen LogP contribution in [-0.4, -0.2) is 63.8 Å². The molecule has 2 fully saturated rings. The Morgan fingerprint density at radius 3 is 2.51 bits per heavy atom. The van der Waals surface area contributed by atoms with Gasteiger partial charge >= 0.3 is 12.1 Å². The van der Waals surface area contributed by atoms with Gasteiger partial charge in [-0.05, 0) is 63.0 Å². The largest absolute Gasteiger partial charge is 0.467 e. The number of pyridine rings is 1. The van der Waals surface area contributed by atoms with Crippen LogP contribution in [0.2, 0.25) is 0 Å². The summed E-state index contributed by atoms with van der Waals surface area (Å²) in [5, 5.41) is 0.536. The van der Waals surface area contributed by atoms with E-state index in [1.54, 1.807) is 6.20 Å². The van der Waals surface area contributed by atoms with E-state index in [1.807, 2.05) is 37.8 Å². The molecule has 9 heteroatoms. The Morgan fingerprint density at radius 2 is 1.85 bits per heavy atom. The van der Waals surface area contributed by atoms with Crippen LogP contribution >= 0.6 is 0 Å². The van der Waals surface area contributed by atoms with Crippen LogP contribution in [0.5, 0.6) is 6.01 Å². The molecule has 0 radical (unpaired) electrons. The van der Waals surface area contributed by atoms with E-state index in [2.05, 4.69) is 39.8 Å². The summed E-state index contributed by atoms with van der Waals surface area (Å²) in [5.41, 5.74) is 3.10. The van der Waals surface area contributed by atoms with Gasteiger partial charge in [0.1, 0.15) is 22.6 Å². The van der Waals surface area contributed by atoms with Gasteiger partial charge in [-0.15, -0.1) is 0 Å². The van der Waals surface area contributed by atoms with Gasteiger partial charge in [0.25, 0.3) is 0 Å². The summed E-state index contributed by atoms with van der Waals surface area (Å²) in [4.78, 5) is 30.7. The third-order valence-electron chi connectivity index (χ3n) is 8.31. The Labute approximate surface area is 228 Å². The standard InChI is InChI=1S/C30H36FN5O3/c1-29(2,3)39-28(37)36-18-10-11-19(36)16-35(15-18)26-21-14-32-24(23(31)25(21)33-27(34-26)38-6)20-9-7-8-17-12-13-30(4,5)22(17)20/h7-9,14,18-19H,10-13,15-16H2,1-6H3. The summed E-state index contributed by atoms with van der Waals surface area (Å²) in [6.07, 6.45) is 5.16. The summed E-state index contributed by atoms with van der Waals surface area (Å²) >= 11 is 0. The van der Waals surface area contributed by atoms with Crippen molar-refractivity contribution in [2.45, 2.75) is 83.4 Å². The van der Waals surface area contributed by atoms with E-state index in [4.69, 9.17) is 9.47 Å². The number of carbonyl (C=O) groups excluding carboxylic acids is 1. The molecule has 39 heavy (non-hydrogen) atoms. The van der Waals surface area contributed by atoms with Crippen LogP contribution in [0.3, 0.4) is 0 Å². The van der Waals surface area contributed by atoms with Crippen LogP contribution in [-0.2, 0) is 16.6 Å². The zero-order chi connectivity index (χ0) is 27.7. The number of hydrogen-bond acceptors (Lipinski definition) is 7. The topological polar surface area (TPSA) is 80.7 Å². The van der Waals surface area contributed by atoms with Crippen molar-refractivity contribution in [1.29, 1.82) is 0 Å². The Balaban J connectivity index is 1.40. The SMILES string of the molecule is COc1nc(N2CC3CCC(C2)N3C(=O)OC(C)(C)C)c2cnc(-c3cccc4c3C(C)(C)CC4)c(F)c2n1. The maximum atomic E-state index is 16.3. The zero-order valence-corrected chi connectivity index (χ0v) is 23.5. The molecule has 6 rings (SSSR count). The van der Waals surface area contributed by atoms with E-state index in [0.29, 0.717) is 30.0 Å². The molecule has 3 aliphatic rings. The molecule has 206 valence electrons. The second-order valence-electron chi connectivity index (χ2n) is 12.6. The molecular weight excluding hydrogens is 497 g/mol. The number of benzene rings is 1. The van der Waals surface area contributed by atoms with Gasteiger partial charge in [-0.3, -0.25) is 9.88 Å². The van der Waals surface area contributed by atoms with Gasteiger partial charge in [-0.2, -0.15) is 9.97 Å². The molecule has 2 aromatic heterocycles. The van der Waals surface area contributed by atoms with Gasteiger partial charge < -0.3 is 14.4 Å². The molecule has 2 saturated heterocycles. The summed E-state index contributed by atoms with van der Waals surface area (Å²) in [5.74, 6) is 0.107. The summed E-state index contributed by atoms with van der Waals surface area (Å²) in [6.45, 7) is 11.2. The minimum absolute atomic E-state index is 0.0131. The molecule has 2 bridgehead atoms. The van der Waals surface area contributed by atoms with Gasteiger partial charge in [-0.25, -0.2) is 9.18 Å². The highest BCUT2D eigenvalue weighted by Crippen LogP contribution is 2.45. The fraction of sp³-hybridized carbons (Fsp3) is 0.533. The lowest BCUT2D eigenvalue weighted by atomic mass is 9.82. The highest BCUT2D eigenvalue weighted by atomic mass is 19.1. The van der Waals surface area contributed by atoms with Crippen LogP contribution in [0, 0.1) is 5.82 Å². The van der Waals surface area contributed by atoms with Crippen LogP contribution in [0.15, 0.2) is 24.4 Å². The van der Waals surface area contributed by atoms with Crippen LogP contribution < -0.4 is 9.64 Å². The van der Waals surface area contributed by atoms with Crippen molar-refractivity contribution < 1.29 is 18.7 Å². The van der Waals surface area contributed by atoms with Crippen molar-refractivity contribution in [2.75, 3.05) is 25.1 Å². The highest BCUT2D eigenvalue weighted by molar-refractivity contribution is 5.92. The minimum atomic E-state index is -0.557. The number of amides is 1. The molecule has 1 aromatic carbocycles. The summed E-state index contributed by atoms with van der Waals surface area (Å²) in [6, 6.07) is 6.14. The average molecular weight is 534 g/mol. The Morgan fingerprint density at radius 1 is 1.13 bits per heavy atom. The highest BCUT2D eigenvalue weighted by Gasteiger charge is 2.45. The molecule has 3 aromatic rings. The molecule has 2 aliphatic heterocycles. The number of aryl methyl sites for hydroxylation is 1. The Hall–Kier alpha value is -3.49. The van der Waals surface area contributed by atoms with Crippen molar-refractivity contribution in [1.82, 2.24) is 19.9 Å². The number of fused-ring (bicyclic) bond motifs is 4. The number of hydrogen-bond donors (Lipinski definition) is 0. The van der Waals surface area contributed by atoms with Crippen molar-refractivity contribution >= 4 is 22.8 Å². The average Bonchev–Trinajstić information content (AvgIpc) is 3.34. The molecular formula is C30H36FN5O3. The van der Waals surface area contributed by atoms with Gasteiger partial charge in [0.15, 0.2) is 5.82 Å². The van der Waals surface area contributed by atoms with Gasteiger partial charge in [0.05, 0.1) is 24.6 Å². The third-order valence-corrected chi connectivity index (χ3v) is 8.31. The fourth-order valence-electron chi connectivity index (χ4n) is 6.61. The Kier molecular flexibility index (Phi) is 5.97. The van der Waals surface area contributed by atoms with E-state index in [1.165, 1.54) is 12.7 Å². The lowest BCUT2D eigenvalue weighted by Crippen LogP contribution is -2.57. The number of rotatable bonds is 3. The monoisotopic (exact) mass is 533 g/mol. The van der Waals surface area contributed by atoms with Crippen LogP contribution in [0.1, 0.15) is 65.0 Å². The smallest absolute Gasteiger partial charge is 0.410 e. The van der Waals surface area contributed by atoms with Crippen molar-refractivity contribution in [2.24, 2.45) is 0 Å². The lowest BCUT2D eigenvalue weighted by Gasteiger charge is -2.42. The van der Waals surface area contributed by atoms with Crippen molar-refractivity contribution in [3.8, 4) is 17.3 Å². The first kappa shape index (κ1) is 25.8. The predicted octanol–water partition coefficient (Wildman–Crippen LogP) is 5.65. The summed E-state index contributed by atoms with van der Waals surface area (Å²) < 4.78 is 27.4. The van der Waals surface area contributed by atoms with E-state index in [9.17, 15) is 4.79 Å². The molecule has 0 saturated carbocycles. The first-order valence-corrected chi connectivity index (χ1v) is 13.8. The number of ether oxygens (including phenoxy) is 2. The first-order valence-electron chi connectivity index (χ1n) is 13.8. The van der Waals surface area contributed by atoms with Crippen LogP contribution in [0.25, 0.3) is 22.2 Å². The maximum absolute atomic E-state index is 16.3. The number of halogens is 1. The Bertz CT molecular complexity index is 1450. The second kappa shape index (κ2) is 9.03. The molecule has 0 N–H and O–H groups in total. The number of nitrogens with zero attached hydrogens (tertiary/aromatic N) is 5. The molecule has 1 aliphatic carbocycles. The molecule has 8 nitrogen and oxygen atoms in total. The number of piperazine rings is 1. The van der Waals surface area contributed by atoms with E-state index < -0.39 is 11.4 Å². The lowest BCUT2D eigenvalue weighted by molar-refractivity contribution is 0.0123. The zero-order valence-electron chi connectivity index (χ0n) is 23.5. The second-order valence-corrected chi connectivity index (χ2v) is 12.6. The molecule has 4 heterocycles. The van der Waals surface area contributed by atoms with Crippen LogP contribution in [0.4, 0.5) is 15.0 Å². The maximum Gasteiger partial charge on any atom is 0.410 e. The predicted molar refractivity (Wildman–Crippen MR) is 148 cm³/mol. The number of anilines is 1. The van der Waals surface area contributed by atoms with E-state index in [-0.39, 0.29) is 35.1 Å². The van der Waals surface area contributed by atoms with E-state index in [0.717, 1.165) is 36.8 Å². The van der Waals surface area contributed by atoms with Gasteiger partial charge in [-0.1, -0.05) is 32.0 Å². The first-order chi connectivity index (χ1) is 18.5. The van der Waals surface area contributed by atoms with E-state index >= 15 is 4.39 Å². The minimum Gasteiger partial charge on any atom is -0.467 e. The van der Waals surface area contributed by atoms with Crippen molar-refractivity contribution in [3.63, 3.8) is 0 Å². The van der Waals surface area contributed by atoms with Gasteiger partial charge in [0, 0.05) is 24.8 Å². The van der Waals surface area contributed by atoms with Gasteiger partial charge in [0.2, 0.25) is 0 Å². The van der Waals surface area contributed by atoms with Crippen molar-refractivity contribution in [3.05, 3.63) is 41.3 Å². The molecule has 0 spiro atoms.